The quantitative estimate of drug-likeness (QED) is 0.828. The second-order valence-corrected chi connectivity index (χ2v) is 6.44. The summed E-state index contributed by atoms with van der Waals surface area (Å²) in [6.07, 6.45) is 2.08. The molecule has 2 atom stereocenters. The first-order chi connectivity index (χ1) is 11.5. The van der Waals surface area contributed by atoms with Gasteiger partial charge in [-0.15, -0.1) is 12.4 Å². The van der Waals surface area contributed by atoms with Gasteiger partial charge in [-0.2, -0.15) is 0 Å². The second kappa shape index (κ2) is 8.58. The van der Waals surface area contributed by atoms with Gasteiger partial charge in [-0.1, -0.05) is 0 Å². The van der Waals surface area contributed by atoms with E-state index in [2.05, 4.69) is 10.6 Å². The maximum absolute atomic E-state index is 13.8. The molecule has 2 heterocycles. The van der Waals surface area contributed by atoms with Crippen molar-refractivity contribution in [2.45, 2.75) is 19.3 Å². The molecule has 2 fully saturated rings. The number of hydrogen-bond donors (Lipinski definition) is 2. The molecule has 3 rings (SSSR count). The van der Waals surface area contributed by atoms with Gasteiger partial charge in [-0.25, -0.2) is 8.78 Å². The number of anilines is 1. The van der Waals surface area contributed by atoms with Crippen molar-refractivity contribution in [1.82, 2.24) is 10.6 Å². The Hall–Kier alpha value is -1.73. The fraction of sp³-hybridized carbons (Fsp3) is 0.529. The summed E-state index contributed by atoms with van der Waals surface area (Å²) in [5.41, 5.74) is 0.0220. The fourth-order valence-electron chi connectivity index (χ4n) is 3.32. The van der Waals surface area contributed by atoms with Crippen molar-refractivity contribution < 1.29 is 18.4 Å². The van der Waals surface area contributed by atoms with Gasteiger partial charge in [0.15, 0.2) is 0 Å². The third kappa shape index (κ3) is 4.67. The van der Waals surface area contributed by atoms with Crippen LogP contribution in [0.25, 0.3) is 0 Å². The van der Waals surface area contributed by atoms with E-state index in [4.69, 9.17) is 0 Å². The van der Waals surface area contributed by atoms with Crippen LogP contribution in [0, 0.1) is 23.5 Å². The maximum Gasteiger partial charge on any atom is 0.227 e. The standard InChI is InChI=1S/C17H21F2N3O2.ClH/c18-13-1-2-15(14(19)8-13)22-10-12(7-16(22)23)17(24)21-6-4-11-3-5-20-9-11;/h1-2,8,11-12,20H,3-7,9-10H2,(H,21,24);1H. The third-order valence-electron chi connectivity index (χ3n) is 4.71. The lowest BCUT2D eigenvalue weighted by atomic mass is 10.0. The van der Waals surface area contributed by atoms with Crippen LogP contribution < -0.4 is 15.5 Å². The van der Waals surface area contributed by atoms with E-state index in [1.165, 1.54) is 11.0 Å². The summed E-state index contributed by atoms with van der Waals surface area (Å²) in [6.45, 7) is 2.71. The minimum Gasteiger partial charge on any atom is -0.356 e. The molecule has 2 unspecified atom stereocenters. The number of halogens is 3. The van der Waals surface area contributed by atoms with Crippen LogP contribution in [-0.4, -0.2) is 38.0 Å². The Kier molecular flexibility index (Phi) is 6.72. The van der Waals surface area contributed by atoms with Gasteiger partial charge in [0.05, 0.1) is 11.6 Å². The SMILES string of the molecule is Cl.O=C(NCCC1CCNC1)C1CC(=O)N(c2ccc(F)cc2F)C1. The minimum atomic E-state index is -0.793. The Morgan fingerprint density at radius 2 is 2.16 bits per heavy atom. The molecule has 25 heavy (non-hydrogen) atoms. The van der Waals surface area contributed by atoms with Crippen LogP contribution in [0.5, 0.6) is 0 Å². The van der Waals surface area contributed by atoms with E-state index in [1.807, 2.05) is 0 Å². The van der Waals surface area contributed by atoms with Gasteiger partial charge in [0.2, 0.25) is 11.8 Å². The largest absolute Gasteiger partial charge is 0.356 e. The zero-order valence-electron chi connectivity index (χ0n) is 13.8. The Morgan fingerprint density at radius 3 is 2.84 bits per heavy atom. The average Bonchev–Trinajstić information content (AvgIpc) is 3.17. The van der Waals surface area contributed by atoms with E-state index in [1.54, 1.807) is 0 Å². The highest BCUT2D eigenvalue weighted by molar-refractivity contribution is 6.00. The molecule has 2 amide bonds. The molecule has 0 aromatic heterocycles. The highest BCUT2D eigenvalue weighted by Crippen LogP contribution is 2.28. The molecular formula is C17H22ClF2N3O2. The molecule has 2 saturated heterocycles. The van der Waals surface area contributed by atoms with E-state index in [0.29, 0.717) is 12.5 Å². The monoisotopic (exact) mass is 373 g/mol. The van der Waals surface area contributed by atoms with E-state index in [-0.39, 0.29) is 42.9 Å². The summed E-state index contributed by atoms with van der Waals surface area (Å²) in [5.74, 6) is -1.90. The summed E-state index contributed by atoms with van der Waals surface area (Å²) in [7, 11) is 0. The summed E-state index contributed by atoms with van der Waals surface area (Å²) in [5, 5.41) is 6.15. The van der Waals surface area contributed by atoms with Gasteiger partial charge in [-0.3, -0.25) is 9.59 Å². The highest BCUT2D eigenvalue weighted by atomic mass is 35.5. The number of amides is 2. The Morgan fingerprint density at radius 1 is 1.36 bits per heavy atom. The third-order valence-corrected chi connectivity index (χ3v) is 4.71. The van der Waals surface area contributed by atoms with Crippen LogP contribution in [0.15, 0.2) is 18.2 Å². The lowest BCUT2D eigenvalue weighted by Crippen LogP contribution is -2.34. The zero-order valence-corrected chi connectivity index (χ0v) is 14.6. The van der Waals surface area contributed by atoms with Crippen LogP contribution in [0.3, 0.4) is 0 Å². The summed E-state index contributed by atoms with van der Waals surface area (Å²) < 4.78 is 26.8. The van der Waals surface area contributed by atoms with Crippen molar-refractivity contribution in [3.05, 3.63) is 29.8 Å². The van der Waals surface area contributed by atoms with Crippen LogP contribution in [0.4, 0.5) is 14.5 Å². The van der Waals surface area contributed by atoms with E-state index in [9.17, 15) is 18.4 Å². The number of carbonyl (C=O) groups excluding carboxylic acids is 2. The average molecular weight is 374 g/mol. The van der Waals surface area contributed by atoms with E-state index >= 15 is 0 Å². The molecule has 5 nitrogen and oxygen atoms in total. The van der Waals surface area contributed by atoms with Crippen molar-refractivity contribution in [3.63, 3.8) is 0 Å². The molecule has 8 heteroatoms. The van der Waals surface area contributed by atoms with Crippen LogP contribution in [-0.2, 0) is 9.59 Å². The topological polar surface area (TPSA) is 61.4 Å². The molecule has 0 spiro atoms. The molecule has 138 valence electrons. The summed E-state index contributed by atoms with van der Waals surface area (Å²) >= 11 is 0. The van der Waals surface area contributed by atoms with Crippen LogP contribution in [0.2, 0.25) is 0 Å². The molecule has 2 aliphatic rings. The van der Waals surface area contributed by atoms with Crippen molar-refractivity contribution in [1.29, 1.82) is 0 Å². The van der Waals surface area contributed by atoms with Gasteiger partial charge in [0, 0.05) is 25.6 Å². The Labute approximate surface area is 151 Å². The number of benzene rings is 1. The zero-order chi connectivity index (χ0) is 17.1. The molecule has 0 radical (unpaired) electrons. The number of carbonyl (C=O) groups is 2. The van der Waals surface area contributed by atoms with Gasteiger partial charge in [-0.05, 0) is 44.0 Å². The highest BCUT2D eigenvalue weighted by Gasteiger charge is 2.36. The first kappa shape index (κ1) is 19.6. The summed E-state index contributed by atoms with van der Waals surface area (Å²) in [4.78, 5) is 25.5. The van der Waals surface area contributed by atoms with E-state index in [0.717, 1.165) is 38.1 Å². The Balaban J connectivity index is 0.00000225. The van der Waals surface area contributed by atoms with Gasteiger partial charge in [0.1, 0.15) is 11.6 Å². The first-order valence-corrected chi connectivity index (χ1v) is 8.28. The normalized spacial score (nSPS) is 22.8. The number of rotatable bonds is 5. The van der Waals surface area contributed by atoms with Gasteiger partial charge < -0.3 is 15.5 Å². The number of hydrogen-bond acceptors (Lipinski definition) is 3. The molecule has 2 aliphatic heterocycles. The molecular weight excluding hydrogens is 352 g/mol. The summed E-state index contributed by atoms with van der Waals surface area (Å²) in [6, 6.07) is 3.08. The predicted octanol–water partition coefficient (Wildman–Crippen LogP) is 1.86. The number of nitrogens with one attached hydrogen (secondary N) is 2. The minimum absolute atomic E-state index is 0. The van der Waals surface area contributed by atoms with Crippen LogP contribution >= 0.6 is 12.4 Å². The van der Waals surface area contributed by atoms with Crippen molar-refractivity contribution in [2.24, 2.45) is 11.8 Å². The van der Waals surface area contributed by atoms with Crippen molar-refractivity contribution in [3.8, 4) is 0 Å². The fourth-order valence-corrected chi connectivity index (χ4v) is 3.32. The van der Waals surface area contributed by atoms with E-state index < -0.39 is 17.6 Å². The molecule has 1 aromatic carbocycles. The molecule has 0 saturated carbocycles. The maximum atomic E-state index is 13.8. The van der Waals surface area contributed by atoms with Crippen molar-refractivity contribution in [2.75, 3.05) is 31.1 Å². The Bertz CT molecular complexity index is 638. The molecule has 0 aliphatic carbocycles. The van der Waals surface area contributed by atoms with Crippen molar-refractivity contribution >= 4 is 29.9 Å². The number of nitrogens with zero attached hydrogens (tertiary/aromatic N) is 1. The van der Waals surface area contributed by atoms with Gasteiger partial charge in [0.25, 0.3) is 0 Å². The lowest BCUT2D eigenvalue weighted by molar-refractivity contribution is -0.126. The molecule has 0 bridgehead atoms. The molecule has 2 N–H and O–H groups in total. The first-order valence-electron chi connectivity index (χ1n) is 8.28. The predicted molar refractivity (Wildman–Crippen MR) is 92.7 cm³/mol. The lowest BCUT2D eigenvalue weighted by Gasteiger charge is -2.17. The second-order valence-electron chi connectivity index (χ2n) is 6.44. The smallest absolute Gasteiger partial charge is 0.227 e. The molecule has 1 aromatic rings. The van der Waals surface area contributed by atoms with Crippen LogP contribution in [0.1, 0.15) is 19.3 Å². The van der Waals surface area contributed by atoms with Gasteiger partial charge >= 0.3 is 0 Å².